The molecule has 5 heteroatoms. The molecule has 0 saturated heterocycles. The molecular weight excluding hydrogens is 232 g/mol. The first kappa shape index (κ1) is 15.1. The minimum absolute atomic E-state index is 0.365. The van der Waals surface area contributed by atoms with Crippen molar-refractivity contribution in [3.8, 4) is 0 Å². The van der Waals surface area contributed by atoms with E-state index in [0.29, 0.717) is 12.5 Å². The molecule has 1 N–H and O–H groups in total. The van der Waals surface area contributed by atoms with E-state index < -0.39 is 11.9 Å². The predicted octanol–water partition coefficient (Wildman–Crippen LogP) is 1.77. The zero-order valence-electron chi connectivity index (χ0n) is 11.9. The van der Waals surface area contributed by atoms with Crippen LogP contribution >= 0.6 is 0 Å². The van der Waals surface area contributed by atoms with Gasteiger partial charge in [-0.05, 0) is 26.3 Å². The number of aliphatic hydroxyl groups is 1. The summed E-state index contributed by atoms with van der Waals surface area (Å²) in [5, 5.41) is 14.8. The monoisotopic (exact) mass is 256 g/mol. The fraction of sp³-hybridized carbons (Fsp3) is 0.769. The van der Waals surface area contributed by atoms with E-state index in [4.69, 9.17) is 9.47 Å². The molecule has 0 saturated carbocycles. The minimum atomic E-state index is -1.10. The van der Waals surface area contributed by atoms with Gasteiger partial charge in [0, 0.05) is 32.9 Å². The minimum Gasteiger partial charge on any atom is -0.384 e. The summed E-state index contributed by atoms with van der Waals surface area (Å²) in [4.78, 5) is 0. The Kier molecular flexibility index (Phi) is 5.31. The van der Waals surface area contributed by atoms with Crippen LogP contribution in [0.1, 0.15) is 38.9 Å². The maximum Gasteiger partial charge on any atom is 0.185 e. The molecule has 0 aliphatic rings. The second kappa shape index (κ2) is 6.31. The van der Waals surface area contributed by atoms with Crippen LogP contribution in [0, 0.1) is 0 Å². The third kappa shape index (κ3) is 3.54. The molecule has 1 rings (SSSR count). The number of ether oxygens (including phenoxy) is 2. The standard InChI is InChI=1S/C13H24N2O3/c1-6-10(2)15-8-7-11(14-15)9-13(3,16)12(17-4)18-5/h7-8,10,12,16H,6,9H2,1-5H3. The molecule has 0 bridgehead atoms. The number of rotatable bonds is 7. The van der Waals surface area contributed by atoms with Gasteiger partial charge in [0.15, 0.2) is 6.29 Å². The summed E-state index contributed by atoms with van der Waals surface area (Å²) < 4.78 is 12.1. The zero-order chi connectivity index (χ0) is 13.8. The average Bonchev–Trinajstić information content (AvgIpc) is 2.76. The van der Waals surface area contributed by atoms with Crippen LogP contribution in [0.2, 0.25) is 0 Å². The Morgan fingerprint density at radius 2 is 2.06 bits per heavy atom. The van der Waals surface area contributed by atoms with Gasteiger partial charge in [-0.3, -0.25) is 4.68 Å². The lowest BCUT2D eigenvalue weighted by Gasteiger charge is -2.29. The molecule has 2 atom stereocenters. The van der Waals surface area contributed by atoms with Crippen molar-refractivity contribution < 1.29 is 14.6 Å². The lowest BCUT2D eigenvalue weighted by molar-refractivity contribution is -0.207. The van der Waals surface area contributed by atoms with Crippen LogP contribution in [0.4, 0.5) is 0 Å². The Morgan fingerprint density at radius 3 is 2.56 bits per heavy atom. The summed E-state index contributed by atoms with van der Waals surface area (Å²) in [6.45, 7) is 5.92. The molecule has 0 aliphatic heterocycles. The third-order valence-electron chi connectivity index (χ3n) is 3.18. The molecule has 1 aromatic heterocycles. The zero-order valence-corrected chi connectivity index (χ0v) is 11.9. The van der Waals surface area contributed by atoms with Crippen LogP contribution in [0.15, 0.2) is 12.3 Å². The molecule has 0 radical (unpaired) electrons. The molecule has 1 aromatic rings. The molecule has 1 heterocycles. The third-order valence-corrected chi connectivity index (χ3v) is 3.18. The summed E-state index contributed by atoms with van der Waals surface area (Å²) >= 11 is 0. The quantitative estimate of drug-likeness (QED) is 0.755. The largest absolute Gasteiger partial charge is 0.384 e. The van der Waals surface area contributed by atoms with Crippen molar-refractivity contribution in [1.82, 2.24) is 9.78 Å². The summed E-state index contributed by atoms with van der Waals surface area (Å²) in [6.07, 6.45) is 2.69. The maximum absolute atomic E-state index is 10.3. The van der Waals surface area contributed by atoms with Crippen LogP contribution in [-0.2, 0) is 15.9 Å². The summed E-state index contributed by atoms with van der Waals surface area (Å²) in [5.74, 6) is 0. The Hall–Kier alpha value is -0.910. The molecule has 0 aliphatic carbocycles. The van der Waals surface area contributed by atoms with Gasteiger partial charge in [-0.25, -0.2) is 0 Å². The lowest BCUT2D eigenvalue weighted by Crippen LogP contribution is -2.43. The van der Waals surface area contributed by atoms with Crippen molar-refractivity contribution in [1.29, 1.82) is 0 Å². The average molecular weight is 256 g/mol. The van der Waals surface area contributed by atoms with E-state index in [9.17, 15) is 5.11 Å². The molecule has 2 unspecified atom stereocenters. The normalized spacial score (nSPS) is 16.8. The highest BCUT2D eigenvalue weighted by atomic mass is 16.7. The van der Waals surface area contributed by atoms with Gasteiger partial charge in [0.1, 0.15) is 5.60 Å². The van der Waals surface area contributed by atoms with E-state index in [1.165, 1.54) is 14.2 Å². The molecule has 0 spiro atoms. The van der Waals surface area contributed by atoms with Crippen LogP contribution in [-0.4, -0.2) is 41.0 Å². The fourth-order valence-electron chi connectivity index (χ4n) is 1.96. The number of hydrogen-bond acceptors (Lipinski definition) is 4. The van der Waals surface area contributed by atoms with E-state index in [1.54, 1.807) is 6.92 Å². The van der Waals surface area contributed by atoms with Gasteiger partial charge in [-0.2, -0.15) is 5.10 Å². The fourth-order valence-corrected chi connectivity index (χ4v) is 1.96. The number of aromatic nitrogens is 2. The number of nitrogens with zero attached hydrogens (tertiary/aromatic N) is 2. The summed E-state index contributed by atoms with van der Waals surface area (Å²) in [5.41, 5.74) is -0.266. The van der Waals surface area contributed by atoms with Crippen molar-refractivity contribution in [3.63, 3.8) is 0 Å². The highest BCUT2D eigenvalue weighted by molar-refractivity contribution is 5.04. The smallest absolute Gasteiger partial charge is 0.185 e. The molecule has 5 nitrogen and oxygen atoms in total. The van der Waals surface area contributed by atoms with Gasteiger partial charge in [0.05, 0.1) is 5.69 Å². The molecule has 0 aromatic carbocycles. The Morgan fingerprint density at radius 1 is 1.44 bits per heavy atom. The van der Waals surface area contributed by atoms with Crippen LogP contribution in [0.25, 0.3) is 0 Å². The van der Waals surface area contributed by atoms with Crippen LogP contribution in [0.5, 0.6) is 0 Å². The predicted molar refractivity (Wildman–Crippen MR) is 69.4 cm³/mol. The maximum atomic E-state index is 10.3. The highest BCUT2D eigenvalue weighted by Crippen LogP contribution is 2.20. The van der Waals surface area contributed by atoms with Crippen molar-refractivity contribution in [3.05, 3.63) is 18.0 Å². The SMILES string of the molecule is CCC(C)n1ccc(CC(C)(O)C(OC)OC)n1. The van der Waals surface area contributed by atoms with Crippen LogP contribution < -0.4 is 0 Å². The van der Waals surface area contributed by atoms with Gasteiger partial charge < -0.3 is 14.6 Å². The van der Waals surface area contributed by atoms with E-state index in [0.717, 1.165) is 12.1 Å². The van der Waals surface area contributed by atoms with Crippen molar-refractivity contribution in [2.75, 3.05) is 14.2 Å². The molecule has 0 amide bonds. The Labute approximate surface area is 109 Å². The van der Waals surface area contributed by atoms with E-state index in [1.807, 2.05) is 16.9 Å². The molecule has 0 fully saturated rings. The van der Waals surface area contributed by atoms with Crippen molar-refractivity contribution >= 4 is 0 Å². The van der Waals surface area contributed by atoms with E-state index in [2.05, 4.69) is 18.9 Å². The van der Waals surface area contributed by atoms with Gasteiger partial charge >= 0.3 is 0 Å². The lowest BCUT2D eigenvalue weighted by atomic mass is 9.99. The second-order valence-corrected chi connectivity index (χ2v) is 4.88. The van der Waals surface area contributed by atoms with Crippen molar-refractivity contribution in [2.24, 2.45) is 0 Å². The van der Waals surface area contributed by atoms with Crippen molar-refractivity contribution in [2.45, 2.75) is 51.5 Å². The molecule has 104 valence electrons. The molecule has 18 heavy (non-hydrogen) atoms. The molecular formula is C13H24N2O3. The van der Waals surface area contributed by atoms with E-state index in [-0.39, 0.29) is 0 Å². The van der Waals surface area contributed by atoms with Gasteiger partial charge in [0.25, 0.3) is 0 Å². The Bertz CT molecular complexity index is 359. The highest BCUT2D eigenvalue weighted by Gasteiger charge is 2.33. The van der Waals surface area contributed by atoms with Gasteiger partial charge in [0.2, 0.25) is 0 Å². The Balaban J connectivity index is 2.74. The summed E-state index contributed by atoms with van der Waals surface area (Å²) in [6, 6.07) is 2.28. The summed E-state index contributed by atoms with van der Waals surface area (Å²) in [7, 11) is 3.03. The van der Waals surface area contributed by atoms with E-state index >= 15 is 0 Å². The second-order valence-electron chi connectivity index (χ2n) is 4.88. The first-order valence-electron chi connectivity index (χ1n) is 6.26. The van der Waals surface area contributed by atoms with Gasteiger partial charge in [-0.1, -0.05) is 6.92 Å². The first-order valence-corrected chi connectivity index (χ1v) is 6.26. The first-order chi connectivity index (χ1) is 8.44. The topological polar surface area (TPSA) is 56.5 Å². The number of hydrogen-bond donors (Lipinski definition) is 1. The number of methoxy groups -OCH3 is 2. The van der Waals surface area contributed by atoms with Gasteiger partial charge in [-0.15, -0.1) is 0 Å². The van der Waals surface area contributed by atoms with Crippen LogP contribution in [0.3, 0.4) is 0 Å².